The molecule has 0 bridgehead atoms. The summed E-state index contributed by atoms with van der Waals surface area (Å²) in [4.78, 5) is 6.20. The lowest BCUT2D eigenvalue weighted by atomic mass is 10.0. The number of nitriles is 1. The third-order valence-corrected chi connectivity index (χ3v) is 17.7. The Balaban J connectivity index is 0.000000129. The van der Waals surface area contributed by atoms with Gasteiger partial charge in [0.05, 0.1) is 94.4 Å². The van der Waals surface area contributed by atoms with Crippen molar-refractivity contribution < 1.29 is 32.5 Å². The van der Waals surface area contributed by atoms with E-state index in [1.54, 1.807) is 70.1 Å². The lowest BCUT2D eigenvalue weighted by Crippen LogP contribution is -2.19. The Bertz CT molecular complexity index is 5730. The monoisotopic (exact) mass is 1490 g/mol. The number of hydrogen-bond donors (Lipinski definition) is 6. The summed E-state index contributed by atoms with van der Waals surface area (Å²) in [6.45, 7) is 3.54. The fourth-order valence-corrected chi connectivity index (χ4v) is 12.0. The molecule has 0 fully saturated rings. The van der Waals surface area contributed by atoms with Crippen molar-refractivity contribution in [2.75, 3.05) is 54.3 Å². The number of pyridine rings is 1. The number of anilines is 1. The van der Waals surface area contributed by atoms with Crippen LogP contribution in [0.3, 0.4) is 0 Å². The van der Waals surface area contributed by atoms with Crippen molar-refractivity contribution in [1.82, 2.24) is 60.9 Å². The predicted octanol–water partition coefficient (Wildman–Crippen LogP) is 20.6. The lowest BCUT2D eigenvalue weighted by molar-refractivity contribution is 0.262. The normalized spacial score (nSPS) is 10.6. The zero-order chi connectivity index (χ0) is 77.4. The van der Waals surface area contributed by atoms with Crippen LogP contribution in [0.2, 0.25) is 5.02 Å². The third kappa shape index (κ3) is 19.5. The van der Waals surface area contributed by atoms with Gasteiger partial charge in [-0.25, -0.2) is 8.78 Å². The zero-order valence-corrected chi connectivity index (χ0v) is 62.2. The molecule has 10 aromatic carbocycles. The number of ether oxygens (including phenoxy) is 5. The number of nitrogen functional groups attached to an aromatic ring is 1. The first-order valence-electron chi connectivity index (χ1n) is 35.1. The first-order chi connectivity index (χ1) is 54.2. The molecule has 0 amide bonds. The second kappa shape index (κ2) is 37.4. The summed E-state index contributed by atoms with van der Waals surface area (Å²) in [5.74, 6) is 3.66. The van der Waals surface area contributed by atoms with Crippen LogP contribution in [0.15, 0.2) is 291 Å². The van der Waals surface area contributed by atoms with Gasteiger partial charge in [0.15, 0.2) is 0 Å². The van der Waals surface area contributed by atoms with Crippen LogP contribution >= 0.6 is 11.6 Å². The molecule has 554 valence electrons. The van der Waals surface area contributed by atoms with E-state index >= 15 is 0 Å². The molecular weight excluding hydrogens is 1420 g/mol. The second-order valence-corrected chi connectivity index (χ2v) is 25.5. The SMILES string of the molecule is CN(C)CCOc1ccccc1-c1cc(-c2cccc(F)c2)n[nH]1.COc1ccccc1-c1cc(-c2c(F)cccc2Cl)[nH]n1.COc1ccccc1-c1cc(-c2ccc(N)cc2)n[nH]1.COc1ccccc1-c1cc(-c2ccccc2C)[nH]n1.N#Cc1ccccc1Oc1ccccc1-c1cc(-c2cccnc2)n[nH]1. The number of halogens is 3. The molecule has 0 aliphatic carbocycles. The van der Waals surface area contributed by atoms with Crippen molar-refractivity contribution in [3.05, 3.63) is 319 Å². The van der Waals surface area contributed by atoms with E-state index in [9.17, 15) is 14.0 Å². The van der Waals surface area contributed by atoms with Crippen LogP contribution < -0.4 is 29.4 Å². The number of aromatic amines is 5. The van der Waals surface area contributed by atoms with Crippen LogP contribution in [0.5, 0.6) is 34.5 Å². The number of hydrogen-bond acceptors (Lipinski definition) is 14. The number of nitrogens with two attached hydrogens (primary N) is 1. The molecule has 7 N–H and O–H groups in total. The summed E-state index contributed by atoms with van der Waals surface area (Å²) < 4.78 is 55.3. The Morgan fingerprint density at radius 1 is 0.423 bits per heavy atom. The Labute approximate surface area is 645 Å². The zero-order valence-electron chi connectivity index (χ0n) is 61.5. The molecule has 19 nitrogen and oxygen atoms in total. The highest BCUT2D eigenvalue weighted by Gasteiger charge is 2.19. The van der Waals surface area contributed by atoms with Gasteiger partial charge in [-0.3, -0.25) is 30.5 Å². The number of benzene rings is 10. The maximum Gasteiger partial charge on any atom is 0.145 e. The molecule has 0 atom stereocenters. The molecular formula is C89H77ClF2N14O5. The molecule has 111 heavy (non-hydrogen) atoms. The maximum absolute atomic E-state index is 13.9. The molecule has 6 aromatic heterocycles. The molecule has 16 aromatic rings. The average molecular weight is 1500 g/mol. The van der Waals surface area contributed by atoms with Gasteiger partial charge in [-0.15, -0.1) is 0 Å². The van der Waals surface area contributed by atoms with Crippen LogP contribution in [0.1, 0.15) is 11.1 Å². The molecule has 22 heteroatoms. The number of methoxy groups -OCH3 is 3. The third-order valence-electron chi connectivity index (χ3n) is 17.4. The molecule has 0 saturated carbocycles. The summed E-state index contributed by atoms with van der Waals surface area (Å²) >= 11 is 6.07. The molecule has 0 spiro atoms. The van der Waals surface area contributed by atoms with E-state index in [4.69, 9.17) is 41.0 Å². The van der Waals surface area contributed by atoms with Gasteiger partial charge < -0.3 is 34.3 Å². The van der Waals surface area contributed by atoms with E-state index in [2.05, 4.69) is 92.1 Å². The van der Waals surface area contributed by atoms with Crippen molar-refractivity contribution in [3.63, 3.8) is 0 Å². The topological polar surface area (TPSA) is 255 Å². The number of H-pyrrole nitrogens is 5. The van der Waals surface area contributed by atoms with Gasteiger partial charge in [0.1, 0.15) is 58.8 Å². The highest BCUT2D eigenvalue weighted by molar-refractivity contribution is 6.33. The quantitative estimate of drug-likeness (QED) is 0.0412. The smallest absolute Gasteiger partial charge is 0.145 e. The Morgan fingerprint density at radius 3 is 1.40 bits per heavy atom. The van der Waals surface area contributed by atoms with Gasteiger partial charge in [-0.1, -0.05) is 139 Å². The number of nitrogens with zero attached hydrogens (tertiary/aromatic N) is 8. The highest BCUT2D eigenvalue weighted by Crippen LogP contribution is 2.39. The Kier molecular flexibility index (Phi) is 25.7. The molecule has 0 aliphatic heterocycles. The summed E-state index contributed by atoms with van der Waals surface area (Å²) in [5, 5.41) is 46.3. The van der Waals surface area contributed by atoms with E-state index in [1.165, 1.54) is 29.3 Å². The van der Waals surface area contributed by atoms with E-state index in [0.29, 0.717) is 57.1 Å². The van der Waals surface area contributed by atoms with Crippen molar-refractivity contribution in [1.29, 1.82) is 5.26 Å². The minimum Gasteiger partial charge on any atom is -0.496 e. The molecule has 16 rings (SSSR count). The number of para-hydroxylation sites is 6. The van der Waals surface area contributed by atoms with E-state index < -0.39 is 5.82 Å². The van der Waals surface area contributed by atoms with E-state index in [-0.39, 0.29) is 5.82 Å². The minimum atomic E-state index is -0.391. The maximum atomic E-state index is 13.9. The average Bonchev–Trinajstić information content (AvgIpc) is 1.68. The Hall–Kier alpha value is -14.2. The van der Waals surface area contributed by atoms with E-state index in [0.717, 1.165) is 114 Å². The van der Waals surface area contributed by atoms with Crippen LogP contribution in [0, 0.1) is 29.9 Å². The van der Waals surface area contributed by atoms with Crippen molar-refractivity contribution in [2.45, 2.75) is 6.92 Å². The van der Waals surface area contributed by atoms with Gasteiger partial charge in [-0.05, 0) is 178 Å². The van der Waals surface area contributed by atoms with Crippen LogP contribution in [-0.2, 0) is 0 Å². The molecule has 6 heterocycles. The van der Waals surface area contributed by atoms with Crippen LogP contribution in [0.4, 0.5) is 14.5 Å². The van der Waals surface area contributed by atoms with Crippen LogP contribution in [0.25, 0.3) is 113 Å². The molecule has 0 unspecified atom stereocenters. The largest absolute Gasteiger partial charge is 0.496 e. The summed E-state index contributed by atoms with van der Waals surface area (Å²) in [5.41, 5.74) is 25.0. The molecule has 0 radical (unpaired) electrons. The fraction of sp³-hybridized carbons (Fsp3) is 0.0899. The van der Waals surface area contributed by atoms with Crippen molar-refractivity contribution in [3.8, 4) is 153 Å². The second-order valence-electron chi connectivity index (χ2n) is 25.1. The minimum absolute atomic E-state index is 0.274. The van der Waals surface area contributed by atoms with Gasteiger partial charge >= 0.3 is 0 Å². The molecule has 0 saturated heterocycles. The fourth-order valence-electron chi connectivity index (χ4n) is 11.7. The first kappa shape index (κ1) is 76.4. The first-order valence-corrected chi connectivity index (χ1v) is 35.5. The predicted molar refractivity (Wildman–Crippen MR) is 434 cm³/mol. The number of nitrogens with one attached hydrogen (secondary N) is 5. The van der Waals surface area contributed by atoms with Gasteiger partial charge in [-0.2, -0.15) is 30.8 Å². The Morgan fingerprint density at radius 2 is 0.856 bits per heavy atom. The van der Waals surface area contributed by atoms with E-state index in [1.807, 2.05) is 220 Å². The standard InChI is InChI=1S/C21H14N4O.C19H20FN3O.C17H16N2O.C16H12ClFN2O.C16H15N3O/c22-13-15-6-1-3-9-20(15)26-21-10-4-2-8-17(21)19-12-18(24-25-19)16-7-5-11-23-14-16;1-23(2)10-11-24-19-9-4-3-8-16(19)18-13-17(21-22-18)14-6-5-7-15(20)12-14;1-12-7-3-4-8-13(12)15-11-16(19-18-15)14-9-5-6-10-17(14)20-2;1-21-15-8-3-2-5-10(15)13-9-14(20-19-13)16-11(17)6-4-7-12(16)18;1-20-16-5-3-2-4-13(16)15-10-14(18-19-15)11-6-8-12(17)9-7-11/h1-12,14H,(H,24,25);3-9,12-13H,10-11H2,1-2H3,(H,21,22);3-11H,1-2H3,(H,18,19);2-9H,1H3,(H,19,20);2-10H,17H2,1H3,(H,18,19). The number of aryl methyl sites for hydroxylation is 1. The van der Waals surface area contributed by atoms with Gasteiger partial charge in [0.2, 0.25) is 0 Å². The lowest BCUT2D eigenvalue weighted by Gasteiger charge is -2.13. The summed E-state index contributed by atoms with van der Waals surface area (Å²) in [6, 6.07) is 88.4. The van der Waals surface area contributed by atoms with Crippen molar-refractivity contribution in [2.24, 2.45) is 0 Å². The summed E-state index contributed by atoms with van der Waals surface area (Å²) in [7, 11) is 8.95. The number of likely N-dealkylation sites (N-methyl/N-ethyl adjacent to an activating group) is 1. The summed E-state index contributed by atoms with van der Waals surface area (Å²) in [6.07, 6.45) is 3.50. The van der Waals surface area contributed by atoms with Crippen molar-refractivity contribution >= 4 is 17.3 Å². The number of rotatable bonds is 19. The molecule has 0 aliphatic rings. The number of aromatic nitrogens is 11. The van der Waals surface area contributed by atoms with Gasteiger partial charge in [0.25, 0.3) is 0 Å². The van der Waals surface area contributed by atoms with Crippen LogP contribution in [-0.4, -0.2) is 109 Å². The highest BCUT2D eigenvalue weighted by atomic mass is 35.5. The van der Waals surface area contributed by atoms with Gasteiger partial charge in [0, 0.05) is 74.7 Å².